The number of amides is 2. The molecule has 19 heavy (non-hydrogen) atoms. The van der Waals surface area contributed by atoms with E-state index in [1.54, 1.807) is 24.3 Å². The van der Waals surface area contributed by atoms with Crippen molar-refractivity contribution in [3.63, 3.8) is 0 Å². The van der Waals surface area contributed by atoms with Crippen molar-refractivity contribution in [2.24, 2.45) is 0 Å². The van der Waals surface area contributed by atoms with Gasteiger partial charge in [-0.1, -0.05) is 31.9 Å². The van der Waals surface area contributed by atoms with Gasteiger partial charge in [-0.3, -0.25) is 14.5 Å². The van der Waals surface area contributed by atoms with Crippen molar-refractivity contribution in [3.8, 4) is 0 Å². The Labute approximate surface area is 117 Å². The molecule has 2 rings (SSSR count). The summed E-state index contributed by atoms with van der Waals surface area (Å²) >= 11 is 5.69. The average Bonchev–Trinajstić information content (AvgIpc) is 2.68. The van der Waals surface area contributed by atoms with Gasteiger partial charge in [0.25, 0.3) is 11.8 Å². The van der Waals surface area contributed by atoms with Crippen LogP contribution in [0.3, 0.4) is 0 Å². The second-order valence-electron chi connectivity index (χ2n) is 4.71. The van der Waals surface area contributed by atoms with Gasteiger partial charge in [0, 0.05) is 12.6 Å². The van der Waals surface area contributed by atoms with Crippen molar-refractivity contribution in [2.45, 2.75) is 32.2 Å². The number of rotatable bonds is 6. The van der Waals surface area contributed by atoms with E-state index in [2.05, 4.69) is 11.8 Å². The molecule has 1 aliphatic heterocycles. The first-order valence-electron chi connectivity index (χ1n) is 6.50. The predicted octanol–water partition coefficient (Wildman–Crippen LogP) is 2.58. The fourth-order valence-corrected chi connectivity index (χ4v) is 2.43. The number of halogens is 1. The van der Waals surface area contributed by atoms with Crippen molar-refractivity contribution in [1.29, 1.82) is 0 Å². The van der Waals surface area contributed by atoms with E-state index < -0.39 is 0 Å². The Balaban J connectivity index is 2.11. The van der Waals surface area contributed by atoms with Crippen LogP contribution >= 0.6 is 11.8 Å². The van der Waals surface area contributed by atoms with Gasteiger partial charge in [0.15, 0.2) is 0 Å². The van der Waals surface area contributed by atoms with Crippen molar-refractivity contribution >= 4 is 23.6 Å². The van der Waals surface area contributed by atoms with Crippen LogP contribution in [0.5, 0.6) is 0 Å². The molecule has 0 saturated carbocycles. The fraction of sp³-hybridized carbons (Fsp3) is 0.429. The Morgan fingerprint density at radius 2 is 1.79 bits per heavy atom. The number of benzene rings is 1. The van der Waals surface area contributed by atoms with Gasteiger partial charge in [0.05, 0.1) is 11.1 Å². The molecule has 0 bridgehead atoms. The maximum Gasteiger partial charge on any atom is 0.261 e. The number of hydrogen-bond donors (Lipinski definition) is 1. The lowest BCUT2D eigenvalue weighted by atomic mass is 10.1. The topological polar surface area (TPSA) is 49.4 Å². The molecule has 0 spiro atoms. The molecule has 102 valence electrons. The van der Waals surface area contributed by atoms with Crippen LogP contribution in [0.15, 0.2) is 24.3 Å². The molecule has 1 N–H and O–H groups in total. The van der Waals surface area contributed by atoms with Crippen LogP contribution in [0.25, 0.3) is 0 Å². The lowest BCUT2D eigenvalue weighted by Crippen LogP contribution is -2.40. The van der Waals surface area contributed by atoms with Crippen molar-refractivity contribution in [3.05, 3.63) is 35.4 Å². The SMILES string of the molecule is CCCC[C@H](CN1C(=O)c2ccccc2C1=O)NCl. The third-order valence-corrected chi connectivity index (χ3v) is 3.65. The standard InChI is InChI=1S/C14H17ClN2O2/c1-2-3-6-10(16-15)9-17-13(18)11-7-4-5-8-12(11)14(17)19/h4-5,7-8,10,16H,2-3,6,9H2,1H3/t10-/m1/s1. The summed E-state index contributed by atoms with van der Waals surface area (Å²) in [7, 11) is 0. The molecule has 0 radical (unpaired) electrons. The molecule has 0 saturated heterocycles. The van der Waals surface area contributed by atoms with Gasteiger partial charge in [-0.05, 0) is 30.3 Å². The van der Waals surface area contributed by atoms with E-state index in [4.69, 9.17) is 11.8 Å². The predicted molar refractivity (Wildman–Crippen MR) is 74.1 cm³/mol. The van der Waals surface area contributed by atoms with Crippen molar-refractivity contribution in [2.75, 3.05) is 6.54 Å². The molecule has 0 fully saturated rings. The normalized spacial score (nSPS) is 15.8. The van der Waals surface area contributed by atoms with E-state index in [9.17, 15) is 9.59 Å². The van der Waals surface area contributed by atoms with Crippen LogP contribution in [0.4, 0.5) is 0 Å². The van der Waals surface area contributed by atoms with E-state index in [0.717, 1.165) is 19.3 Å². The average molecular weight is 281 g/mol. The Bertz CT molecular complexity index is 455. The number of nitrogens with zero attached hydrogens (tertiary/aromatic N) is 1. The summed E-state index contributed by atoms with van der Waals surface area (Å²) in [6.45, 7) is 2.41. The van der Waals surface area contributed by atoms with Gasteiger partial charge in [-0.25, -0.2) is 4.84 Å². The zero-order chi connectivity index (χ0) is 13.8. The molecule has 5 heteroatoms. The molecule has 0 unspecified atom stereocenters. The lowest BCUT2D eigenvalue weighted by molar-refractivity contribution is 0.0640. The highest BCUT2D eigenvalue weighted by Crippen LogP contribution is 2.23. The Morgan fingerprint density at radius 3 is 2.26 bits per heavy atom. The molecule has 0 aliphatic carbocycles. The third kappa shape index (κ3) is 2.80. The molecule has 4 nitrogen and oxygen atoms in total. The molecular formula is C14H17ClN2O2. The first-order chi connectivity index (χ1) is 9.19. The largest absolute Gasteiger partial charge is 0.273 e. The maximum atomic E-state index is 12.2. The zero-order valence-corrected chi connectivity index (χ0v) is 11.6. The number of hydrogen-bond acceptors (Lipinski definition) is 3. The number of unbranched alkanes of at least 4 members (excludes halogenated alkanes) is 1. The smallest absolute Gasteiger partial charge is 0.261 e. The summed E-state index contributed by atoms with van der Waals surface area (Å²) in [6.07, 6.45) is 2.90. The van der Waals surface area contributed by atoms with E-state index in [0.29, 0.717) is 17.7 Å². The minimum Gasteiger partial charge on any atom is -0.273 e. The summed E-state index contributed by atoms with van der Waals surface area (Å²) in [4.78, 5) is 28.3. The highest BCUT2D eigenvalue weighted by Gasteiger charge is 2.36. The summed E-state index contributed by atoms with van der Waals surface area (Å²) in [5, 5.41) is 0. The van der Waals surface area contributed by atoms with Gasteiger partial charge in [-0.15, -0.1) is 0 Å². The van der Waals surface area contributed by atoms with Crippen LogP contribution < -0.4 is 4.84 Å². The van der Waals surface area contributed by atoms with Crippen LogP contribution in [0, 0.1) is 0 Å². The maximum absolute atomic E-state index is 12.2. The second kappa shape index (κ2) is 6.17. The summed E-state index contributed by atoms with van der Waals surface area (Å²) in [5.74, 6) is -0.456. The van der Waals surface area contributed by atoms with Crippen LogP contribution in [0.1, 0.15) is 46.9 Å². The van der Waals surface area contributed by atoms with Gasteiger partial charge in [-0.2, -0.15) is 0 Å². The molecule has 2 amide bonds. The van der Waals surface area contributed by atoms with Crippen LogP contribution in [-0.2, 0) is 0 Å². The zero-order valence-electron chi connectivity index (χ0n) is 10.9. The monoisotopic (exact) mass is 280 g/mol. The number of carbonyl (C=O) groups excluding carboxylic acids is 2. The summed E-state index contributed by atoms with van der Waals surface area (Å²) in [6, 6.07) is 6.84. The Kier molecular flexibility index (Phi) is 4.56. The highest BCUT2D eigenvalue weighted by atomic mass is 35.5. The molecule has 0 aromatic heterocycles. The Morgan fingerprint density at radius 1 is 1.21 bits per heavy atom. The highest BCUT2D eigenvalue weighted by molar-refractivity contribution is 6.21. The van der Waals surface area contributed by atoms with E-state index >= 15 is 0 Å². The van der Waals surface area contributed by atoms with Crippen molar-refractivity contribution in [1.82, 2.24) is 9.74 Å². The van der Waals surface area contributed by atoms with Gasteiger partial charge in [0.1, 0.15) is 0 Å². The van der Waals surface area contributed by atoms with Gasteiger partial charge in [0.2, 0.25) is 0 Å². The van der Waals surface area contributed by atoms with E-state index in [1.165, 1.54) is 4.90 Å². The molecule has 1 aliphatic rings. The number of imide groups is 1. The van der Waals surface area contributed by atoms with Gasteiger partial charge >= 0.3 is 0 Å². The molecule has 1 aromatic rings. The number of carbonyl (C=O) groups is 2. The second-order valence-corrected chi connectivity index (χ2v) is 4.93. The molecule has 1 atom stereocenters. The van der Waals surface area contributed by atoms with Gasteiger partial charge < -0.3 is 0 Å². The quantitative estimate of drug-likeness (QED) is 0.644. The first kappa shape index (κ1) is 14.0. The van der Waals surface area contributed by atoms with Crippen LogP contribution in [-0.4, -0.2) is 29.3 Å². The first-order valence-corrected chi connectivity index (χ1v) is 6.88. The molecular weight excluding hydrogens is 264 g/mol. The lowest BCUT2D eigenvalue weighted by Gasteiger charge is -2.20. The minimum atomic E-state index is -0.228. The minimum absolute atomic E-state index is 0.0659. The van der Waals surface area contributed by atoms with Crippen molar-refractivity contribution < 1.29 is 9.59 Å². The third-order valence-electron chi connectivity index (χ3n) is 3.34. The molecule has 1 heterocycles. The molecule has 1 aromatic carbocycles. The summed E-state index contributed by atoms with van der Waals surface area (Å²) in [5.41, 5.74) is 0.965. The van der Waals surface area contributed by atoms with E-state index in [-0.39, 0.29) is 17.9 Å². The van der Waals surface area contributed by atoms with Crippen LogP contribution in [0.2, 0.25) is 0 Å². The summed E-state index contributed by atoms with van der Waals surface area (Å²) < 4.78 is 0. The fourth-order valence-electron chi connectivity index (χ4n) is 2.26. The number of fused-ring (bicyclic) bond motifs is 1. The van der Waals surface area contributed by atoms with E-state index in [1.807, 2.05) is 0 Å². The Hall–Kier alpha value is -1.39. The number of nitrogens with one attached hydrogen (secondary N) is 1.